The lowest BCUT2D eigenvalue weighted by Crippen LogP contribution is -2.41. The zero-order chi connectivity index (χ0) is 24.8. The third-order valence-electron chi connectivity index (χ3n) is 5.73. The maximum atomic E-state index is 13.1. The second-order valence-electron chi connectivity index (χ2n) is 8.04. The highest BCUT2D eigenvalue weighted by molar-refractivity contribution is 7.92. The normalized spacial score (nSPS) is 15.8. The smallest absolute Gasteiger partial charge is 0.265 e. The zero-order valence-electron chi connectivity index (χ0n) is 19.5. The van der Waals surface area contributed by atoms with Crippen molar-refractivity contribution >= 4 is 33.1 Å². The summed E-state index contributed by atoms with van der Waals surface area (Å²) < 4.78 is 39.2. The van der Waals surface area contributed by atoms with E-state index in [-0.39, 0.29) is 22.5 Å². The Balaban J connectivity index is 1.50. The SMILES string of the molecule is COc1ccc(NS(=O)(=O)c2cc(NC(=O)C3CCCN(c4cnccn4)C3)ccc2OC)cc1. The number of sulfonamides is 1. The lowest BCUT2D eigenvalue weighted by molar-refractivity contribution is -0.120. The first-order valence-corrected chi connectivity index (χ1v) is 12.5. The molecule has 2 aromatic carbocycles. The molecule has 1 aromatic heterocycles. The van der Waals surface area contributed by atoms with E-state index >= 15 is 0 Å². The molecular formula is C24H27N5O5S. The molecule has 0 radical (unpaired) electrons. The van der Waals surface area contributed by atoms with Gasteiger partial charge < -0.3 is 19.7 Å². The van der Waals surface area contributed by atoms with Gasteiger partial charge in [-0.3, -0.25) is 14.5 Å². The first-order valence-electron chi connectivity index (χ1n) is 11.1. The van der Waals surface area contributed by atoms with Gasteiger partial charge in [-0.15, -0.1) is 0 Å². The van der Waals surface area contributed by atoms with Crippen LogP contribution in [0.5, 0.6) is 11.5 Å². The number of hydrogen-bond donors (Lipinski definition) is 2. The Hall–Kier alpha value is -3.86. The van der Waals surface area contributed by atoms with Gasteiger partial charge in [0, 0.05) is 36.9 Å². The van der Waals surface area contributed by atoms with Crippen molar-refractivity contribution in [1.82, 2.24) is 9.97 Å². The molecule has 10 nitrogen and oxygen atoms in total. The molecule has 0 spiro atoms. The van der Waals surface area contributed by atoms with Gasteiger partial charge in [-0.1, -0.05) is 0 Å². The Morgan fingerprint density at radius 2 is 1.83 bits per heavy atom. The minimum Gasteiger partial charge on any atom is -0.497 e. The topological polar surface area (TPSA) is 123 Å². The molecule has 1 aliphatic rings. The highest BCUT2D eigenvalue weighted by atomic mass is 32.2. The molecule has 1 atom stereocenters. The number of ether oxygens (including phenoxy) is 2. The van der Waals surface area contributed by atoms with Crippen molar-refractivity contribution in [1.29, 1.82) is 0 Å². The molecule has 0 saturated carbocycles. The standard InChI is InChI=1S/C24H27N5O5S/c1-33-20-8-5-18(6-9-20)28-35(31,32)22-14-19(7-10-21(22)34-2)27-24(30)17-4-3-13-29(16-17)23-15-25-11-12-26-23/h5-12,14-15,17,28H,3-4,13,16H2,1-2H3,(H,27,30). The van der Waals surface area contributed by atoms with Gasteiger partial charge in [0.2, 0.25) is 5.91 Å². The van der Waals surface area contributed by atoms with Gasteiger partial charge in [-0.2, -0.15) is 0 Å². The summed E-state index contributed by atoms with van der Waals surface area (Å²) in [6.07, 6.45) is 6.47. The molecule has 4 rings (SSSR count). The average molecular weight is 498 g/mol. The largest absolute Gasteiger partial charge is 0.497 e. The summed E-state index contributed by atoms with van der Waals surface area (Å²) in [4.78, 5) is 23.4. The van der Waals surface area contributed by atoms with E-state index in [2.05, 4.69) is 20.0 Å². The van der Waals surface area contributed by atoms with Crippen LogP contribution in [0.4, 0.5) is 17.2 Å². The predicted molar refractivity (Wildman–Crippen MR) is 132 cm³/mol. The predicted octanol–water partition coefficient (Wildman–Crippen LogP) is 3.15. The van der Waals surface area contributed by atoms with E-state index in [0.717, 1.165) is 25.2 Å². The van der Waals surface area contributed by atoms with E-state index in [0.29, 0.717) is 23.7 Å². The van der Waals surface area contributed by atoms with E-state index in [4.69, 9.17) is 9.47 Å². The number of nitrogens with one attached hydrogen (secondary N) is 2. The van der Waals surface area contributed by atoms with Crippen molar-refractivity contribution in [2.45, 2.75) is 17.7 Å². The van der Waals surface area contributed by atoms with Crippen molar-refractivity contribution in [2.75, 3.05) is 42.2 Å². The van der Waals surface area contributed by atoms with Crippen LogP contribution in [0, 0.1) is 5.92 Å². The Labute approximate surface area is 204 Å². The summed E-state index contributed by atoms with van der Waals surface area (Å²) in [6.45, 7) is 1.30. The fourth-order valence-corrected chi connectivity index (χ4v) is 5.19. The number of hydrogen-bond acceptors (Lipinski definition) is 8. The third kappa shape index (κ3) is 5.80. The Bertz CT molecular complexity index is 1270. The zero-order valence-corrected chi connectivity index (χ0v) is 20.3. The molecular weight excluding hydrogens is 470 g/mol. The number of rotatable bonds is 8. The summed E-state index contributed by atoms with van der Waals surface area (Å²) >= 11 is 0. The van der Waals surface area contributed by atoms with Crippen LogP contribution < -0.4 is 24.4 Å². The number of benzene rings is 2. The summed E-state index contributed by atoms with van der Waals surface area (Å²) in [5.74, 6) is 1.04. The molecule has 0 aliphatic carbocycles. The molecule has 0 bridgehead atoms. The maximum absolute atomic E-state index is 13.1. The molecule has 184 valence electrons. The molecule has 1 saturated heterocycles. The number of amides is 1. The van der Waals surface area contributed by atoms with Crippen LogP contribution in [-0.4, -0.2) is 51.6 Å². The number of carbonyl (C=O) groups excluding carboxylic acids is 1. The summed E-state index contributed by atoms with van der Waals surface area (Å²) in [7, 11) is -1.07. The molecule has 2 N–H and O–H groups in total. The van der Waals surface area contributed by atoms with Crippen molar-refractivity contribution in [3.05, 3.63) is 61.1 Å². The van der Waals surface area contributed by atoms with Gasteiger partial charge in [0.15, 0.2) is 0 Å². The first kappa shape index (κ1) is 24.3. The Kier molecular flexibility index (Phi) is 7.35. The van der Waals surface area contributed by atoms with Gasteiger partial charge in [0.1, 0.15) is 22.2 Å². The highest BCUT2D eigenvalue weighted by Crippen LogP contribution is 2.30. The number of nitrogens with zero attached hydrogens (tertiary/aromatic N) is 3. The van der Waals surface area contributed by atoms with Crippen molar-refractivity contribution in [2.24, 2.45) is 5.92 Å². The summed E-state index contributed by atoms with van der Waals surface area (Å²) in [6, 6.07) is 11.0. The molecule has 35 heavy (non-hydrogen) atoms. The fraction of sp³-hybridized carbons (Fsp3) is 0.292. The van der Waals surface area contributed by atoms with E-state index in [9.17, 15) is 13.2 Å². The molecule has 11 heteroatoms. The Morgan fingerprint density at radius 3 is 2.51 bits per heavy atom. The van der Waals surface area contributed by atoms with Crippen LogP contribution in [0.15, 0.2) is 66.0 Å². The van der Waals surface area contributed by atoms with Crippen LogP contribution in [0.25, 0.3) is 0 Å². The fourth-order valence-electron chi connectivity index (χ4n) is 3.93. The number of piperidine rings is 1. The molecule has 1 unspecified atom stereocenters. The molecule has 1 aliphatic heterocycles. The van der Waals surface area contributed by atoms with Gasteiger partial charge in [0.05, 0.1) is 26.3 Å². The van der Waals surface area contributed by atoms with Crippen molar-refractivity contribution in [3.8, 4) is 11.5 Å². The second-order valence-corrected chi connectivity index (χ2v) is 9.69. The van der Waals surface area contributed by atoms with Crippen LogP contribution in [-0.2, 0) is 14.8 Å². The molecule has 1 amide bonds. The number of carbonyl (C=O) groups is 1. The van der Waals surface area contributed by atoms with E-state index in [1.165, 1.54) is 26.4 Å². The lowest BCUT2D eigenvalue weighted by Gasteiger charge is -2.32. The van der Waals surface area contributed by atoms with E-state index in [1.807, 2.05) is 4.90 Å². The van der Waals surface area contributed by atoms with Gasteiger partial charge in [0.25, 0.3) is 10.0 Å². The van der Waals surface area contributed by atoms with Gasteiger partial charge in [-0.25, -0.2) is 13.4 Å². The summed E-state index contributed by atoms with van der Waals surface area (Å²) in [5.41, 5.74) is 0.733. The minimum absolute atomic E-state index is 0.0848. The van der Waals surface area contributed by atoms with Gasteiger partial charge >= 0.3 is 0 Å². The van der Waals surface area contributed by atoms with Gasteiger partial charge in [-0.05, 0) is 55.3 Å². The second kappa shape index (κ2) is 10.6. The maximum Gasteiger partial charge on any atom is 0.265 e. The number of anilines is 3. The van der Waals surface area contributed by atoms with Crippen LogP contribution in [0.2, 0.25) is 0 Å². The number of aromatic nitrogens is 2. The van der Waals surface area contributed by atoms with E-state index in [1.54, 1.807) is 48.9 Å². The van der Waals surface area contributed by atoms with Crippen LogP contribution >= 0.6 is 0 Å². The van der Waals surface area contributed by atoms with E-state index < -0.39 is 10.0 Å². The summed E-state index contributed by atoms with van der Waals surface area (Å²) in [5, 5.41) is 2.86. The lowest BCUT2D eigenvalue weighted by atomic mass is 9.97. The molecule has 1 fully saturated rings. The quantitative estimate of drug-likeness (QED) is 0.487. The molecule has 3 aromatic rings. The van der Waals surface area contributed by atoms with Crippen LogP contribution in [0.3, 0.4) is 0 Å². The average Bonchev–Trinajstić information content (AvgIpc) is 2.89. The molecule has 2 heterocycles. The highest BCUT2D eigenvalue weighted by Gasteiger charge is 2.27. The first-order chi connectivity index (χ1) is 16.9. The van der Waals surface area contributed by atoms with Crippen molar-refractivity contribution < 1.29 is 22.7 Å². The van der Waals surface area contributed by atoms with Crippen LogP contribution in [0.1, 0.15) is 12.8 Å². The number of methoxy groups -OCH3 is 2. The monoisotopic (exact) mass is 497 g/mol. The van der Waals surface area contributed by atoms with Crippen molar-refractivity contribution in [3.63, 3.8) is 0 Å². The minimum atomic E-state index is -3.99. The third-order valence-corrected chi connectivity index (χ3v) is 7.13. The Morgan fingerprint density at radius 1 is 1.06 bits per heavy atom.